The van der Waals surface area contributed by atoms with Gasteiger partial charge in [0.15, 0.2) is 11.6 Å². The van der Waals surface area contributed by atoms with Crippen LogP contribution in [-0.4, -0.2) is 30.3 Å². The molecule has 7 heteroatoms. The number of aromatic nitrogens is 2. The van der Waals surface area contributed by atoms with Crippen molar-refractivity contribution in [1.82, 2.24) is 10.2 Å². The van der Waals surface area contributed by atoms with Crippen LogP contribution in [0.25, 0.3) is 0 Å². The maximum Gasteiger partial charge on any atom is 0.264 e. The van der Waals surface area contributed by atoms with Crippen molar-refractivity contribution in [2.24, 2.45) is 0 Å². The molecule has 0 saturated carbocycles. The molecule has 2 aromatic carbocycles. The zero-order valence-electron chi connectivity index (χ0n) is 14.4. The zero-order valence-corrected chi connectivity index (χ0v) is 14.4. The SMILES string of the molecule is COc1cccc(OC)c1C(=O)Nc1ccc(Nc2ccccc2)nn1. The number of rotatable bonds is 6. The Kier molecular flexibility index (Phi) is 5.28. The van der Waals surface area contributed by atoms with Crippen LogP contribution in [0.2, 0.25) is 0 Å². The molecular weight excluding hydrogens is 332 g/mol. The molecule has 1 aromatic heterocycles. The van der Waals surface area contributed by atoms with Crippen molar-refractivity contribution in [3.63, 3.8) is 0 Å². The number of nitrogens with one attached hydrogen (secondary N) is 2. The van der Waals surface area contributed by atoms with Crippen molar-refractivity contribution in [1.29, 1.82) is 0 Å². The Morgan fingerprint density at radius 1 is 0.808 bits per heavy atom. The van der Waals surface area contributed by atoms with Crippen molar-refractivity contribution in [3.8, 4) is 11.5 Å². The van der Waals surface area contributed by atoms with Crippen LogP contribution in [0.1, 0.15) is 10.4 Å². The molecule has 0 aliphatic rings. The largest absolute Gasteiger partial charge is 0.496 e. The van der Waals surface area contributed by atoms with Crippen LogP contribution in [0.4, 0.5) is 17.3 Å². The minimum Gasteiger partial charge on any atom is -0.496 e. The molecule has 0 fully saturated rings. The summed E-state index contributed by atoms with van der Waals surface area (Å²) in [6.07, 6.45) is 0. The second-order valence-corrected chi connectivity index (χ2v) is 5.29. The summed E-state index contributed by atoms with van der Waals surface area (Å²) in [5, 5.41) is 13.9. The maximum absolute atomic E-state index is 12.6. The summed E-state index contributed by atoms with van der Waals surface area (Å²) in [6.45, 7) is 0. The third kappa shape index (κ3) is 3.89. The summed E-state index contributed by atoms with van der Waals surface area (Å²) in [7, 11) is 2.99. The van der Waals surface area contributed by atoms with Crippen molar-refractivity contribution < 1.29 is 14.3 Å². The van der Waals surface area contributed by atoms with E-state index in [1.54, 1.807) is 30.3 Å². The van der Waals surface area contributed by atoms with E-state index in [1.165, 1.54) is 14.2 Å². The monoisotopic (exact) mass is 350 g/mol. The van der Waals surface area contributed by atoms with Crippen molar-refractivity contribution in [2.45, 2.75) is 0 Å². The number of carbonyl (C=O) groups excluding carboxylic acids is 1. The number of carbonyl (C=O) groups is 1. The zero-order chi connectivity index (χ0) is 18.4. The predicted molar refractivity (Wildman–Crippen MR) is 99.3 cm³/mol. The summed E-state index contributed by atoms with van der Waals surface area (Å²) < 4.78 is 10.5. The summed E-state index contributed by atoms with van der Waals surface area (Å²) >= 11 is 0. The van der Waals surface area contributed by atoms with Crippen molar-refractivity contribution in [3.05, 3.63) is 66.2 Å². The van der Waals surface area contributed by atoms with Gasteiger partial charge in [0.05, 0.1) is 14.2 Å². The summed E-state index contributed by atoms with van der Waals surface area (Å²) in [6, 6.07) is 18.1. The van der Waals surface area contributed by atoms with Gasteiger partial charge in [-0.1, -0.05) is 24.3 Å². The van der Waals surface area contributed by atoms with E-state index in [2.05, 4.69) is 20.8 Å². The topological polar surface area (TPSA) is 85.4 Å². The normalized spacial score (nSPS) is 10.1. The van der Waals surface area contributed by atoms with Gasteiger partial charge in [-0.2, -0.15) is 0 Å². The van der Waals surface area contributed by atoms with Gasteiger partial charge in [-0.15, -0.1) is 10.2 Å². The molecule has 0 spiro atoms. The Bertz CT molecular complexity index is 861. The number of hydrogen-bond acceptors (Lipinski definition) is 6. The Labute approximate surface area is 151 Å². The first kappa shape index (κ1) is 17.2. The summed E-state index contributed by atoms with van der Waals surface area (Å²) in [5.41, 5.74) is 1.20. The van der Waals surface area contributed by atoms with E-state index < -0.39 is 5.91 Å². The lowest BCUT2D eigenvalue weighted by molar-refractivity contribution is 0.102. The Balaban J connectivity index is 1.74. The smallest absolute Gasteiger partial charge is 0.264 e. The minimum absolute atomic E-state index is 0.297. The van der Waals surface area contributed by atoms with E-state index in [0.717, 1.165) is 5.69 Å². The third-order valence-corrected chi connectivity index (χ3v) is 3.61. The van der Waals surface area contributed by atoms with E-state index in [4.69, 9.17) is 9.47 Å². The molecule has 2 N–H and O–H groups in total. The lowest BCUT2D eigenvalue weighted by Gasteiger charge is -2.12. The number of para-hydroxylation sites is 1. The molecule has 0 radical (unpaired) electrons. The highest BCUT2D eigenvalue weighted by Gasteiger charge is 2.18. The van der Waals surface area contributed by atoms with Crippen LogP contribution in [-0.2, 0) is 0 Å². The number of hydrogen-bond donors (Lipinski definition) is 2. The van der Waals surface area contributed by atoms with Crippen molar-refractivity contribution in [2.75, 3.05) is 24.9 Å². The van der Waals surface area contributed by atoms with Crippen LogP contribution in [0.5, 0.6) is 11.5 Å². The average molecular weight is 350 g/mol. The van der Waals surface area contributed by atoms with E-state index in [-0.39, 0.29) is 0 Å². The fourth-order valence-electron chi connectivity index (χ4n) is 2.39. The summed E-state index contributed by atoms with van der Waals surface area (Å²) in [4.78, 5) is 12.6. The van der Waals surface area contributed by atoms with Gasteiger partial charge in [0.1, 0.15) is 17.1 Å². The lowest BCUT2D eigenvalue weighted by atomic mass is 10.1. The second-order valence-electron chi connectivity index (χ2n) is 5.29. The van der Waals surface area contributed by atoms with Gasteiger partial charge in [-0.05, 0) is 36.4 Å². The third-order valence-electron chi connectivity index (χ3n) is 3.61. The predicted octanol–water partition coefficient (Wildman–Crippen LogP) is 3.49. The van der Waals surface area contributed by atoms with Gasteiger partial charge in [-0.25, -0.2) is 0 Å². The standard InChI is InChI=1S/C19H18N4O3/c1-25-14-9-6-10-15(26-2)18(14)19(24)21-17-12-11-16(22-23-17)20-13-7-4-3-5-8-13/h3-12H,1-2H3,(H,20,22)(H,21,23,24). The molecule has 132 valence electrons. The number of nitrogens with zero attached hydrogens (tertiary/aromatic N) is 2. The highest BCUT2D eigenvalue weighted by atomic mass is 16.5. The molecule has 0 aliphatic carbocycles. The first-order valence-corrected chi connectivity index (χ1v) is 7.89. The number of ether oxygens (including phenoxy) is 2. The molecule has 1 amide bonds. The first-order valence-electron chi connectivity index (χ1n) is 7.89. The molecule has 0 unspecified atom stereocenters. The Morgan fingerprint density at radius 2 is 1.42 bits per heavy atom. The van der Waals surface area contributed by atoms with E-state index in [9.17, 15) is 4.79 Å². The van der Waals surface area contributed by atoms with Crippen LogP contribution in [0, 0.1) is 0 Å². The second kappa shape index (κ2) is 7.98. The molecule has 3 aromatic rings. The molecule has 0 aliphatic heterocycles. The molecule has 1 heterocycles. The molecule has 7 nitrogen and oxygen atoms in total. The molecular formula is C19H18N4O3. The Hall–Kier alpha value is -3.61. The molecule has 0 atom stereocenters. The molecule has 3 rings (SSSR count). The van der Waals surface area contributed by atoms with Gasteiger partial charge in [0.2, 0.25) is 0 Å². The van der Waals surface area contributed by atoms with E-state index in [1.807, 2.05) is 30.3 Å². The summed E-state index contributed by atoms with van der Waals surface area (Å²) in [5.74, 6) is 1.33. The fraction of sp³-hybridized carbons (Fsp3) is 0.105. The quantitative estimate of drug-likeness (QED) is 0.708. The van der Waals surface area contributed by atoms with Crippen LogP contribution in [0.3, 0.4) is 0 Å². The average Bonchev–Trinajstić information content (AvgIpc) is 2.69. The molecule has 26 heavy (non-hydrogen) atoms. The molecule has 0 bridgehead atoms. The van der Waals surface area contributed by atoms with Gasteiger partial charge < -0.3 is 20.1 Å². The van der Waals surface area contributed by atoms with Gasteiger partial charge in [-0.3, -0.25) is 4.79 Å². The Morgan fingerprint density at radius 3 is 2.00 bits per heavy atom. The number of methoxy groups -OCH3 is 2. The van der Waals surface area contributed by atoms with Crippen LogP contribution < -0.4 is 20.1 Å². The highest BCUT2D eigenvalue weighted by molar-refractivity contribution is 6.07. The lowest BCUT2D eigenvalue weighted by Crippen LogP contribution is -2.15. The van der Waals surface area contributed by atoms with Gasteiger partial charge in [0.25, 0.3) is 5.91 Å². The number of amides is 1. The van der Waals surface area contributed by atoms with Crippen molar-refractivity contribution >= 4 is 23.2 Å². The van der Waals surface area contributed by atoms with E-state index >= 15 is 0 Å². The fourth-order valence-corrected chi connectivity index (χ4v) is 2.39. The number of anilines is 3. The van der Waals surface area contributed by atoms with Crippen LogP contribution in [0.15, 0.2) is 60.7 Å². The van der Waals surface area contributed by atoms with Crippen LogP contribution >= 0.6 is 0 Å². The minimum atomic E-state index is -0.391. The first-order chi connectivity index (χ1) is 12.7. The number of benzene rings is 2. The van der Waals surface area contributed by atoms with E-state index in [0.29, 0.717) is 28.7 Å². The highest BCUT2D eigenvalue weighted by Crippen LogP contribution is 2.28. The van der Waals surface area contributed by atoms with Gasteiger partial charge in [0, 0.05) is 5.69 Å². The molecule has 0 saturated heterocycles. The van der Waals surface area contributed by atoms with Gasteiger partial charge >= 0.3 is 0 Å². The maximum atomic E-state index is 12.6.